The molecule has 21 heavy (non-hydrogen) atoms. The number of halogens is 2. The minimum atomic E-state index is -0.300. The third-order valence-corrected chi connectivity index (χ3v) is 4.00. The number of rotatable bonds is 4. The van der Waals surface area contributed by atoms with Crippen molar-refractivity contribution in [3.63, 3.8) is 0 Å². The zero-order valence-corrected chi connectivity index (χ0v) is 13.4. The van der Waals surface area contributed by atoms with Gasteiger partial charge in [-0.3, -0.25) is 4.79 Å². The van der Waals surface area contributed by atoms with Crippen LogP contribution in [0.4, 0.5) is 0 Å². The molecule has 1 unspecified atom stereocenters. The molecule has 1 fully saturated rings. The van der Waals surface area contributed by atoms with E-state index in [-0.39, 0.29) is 12.5 Å². The Morgan fingerprint density at radius 3 is 2.95 bits per heavy atom. The quantitative estimate of drug-likeness (QED) is 0.847. The molecule has 1 atom stereocenters. The number of carbonyl (C=O) groups is 1. The average Bonchev–Trinajstić information content (AvgIpc) is 2.45. The molecule has 0 radical (unpaired) electrons. The molecule has 0 aliphatic heterocycles. The van der Waals surface area contributed by atoms with Gasteiger partial charge >= 0.3 is 0 Å². The summed E-state index contributed by atoms with van der Waals surface area (Å²) >= 11 is 11.8. The molecule has 0 bridgehead atoms. The second kappa shape index (κ2) is 7.66. The van der Waals surface area contributed by atoms with Gasteiger partial charge in [0.2, 0.25) is 0 Å². The zero-order chi connectivity index (χ0) is 15.2. The Morgan fingerprint density at radius 2 is 2.24 bits per heavy atom. The van der Waals surface area contributed by atoms with E-state index in [4.69, 9.17) is 27.9 Å². The summed E-state index contributed by atoms with van der Waals surface area (Å²) in [6.07, 6.45) is 4.44. The lowest BCUT2D eigenvalue weighted by molar-refractivity contribution is -0.123. The topological polar surface area (TPSA) is 50.7 Å². The predicted molar refractivity (Wildman–Crippen MR) is 85.2 cm³/mol. The second-order valence-corrected chi connectivity index (χ2v) is 5.99. The molecule has 1 saturated carbocycles. The van der Waals surface area contributed by atoms with E-state index in [1.54, 1.807) is 18.2 Å². The van der Waals surface area contributed by atoms with Crippen molar-refractivity contribution in [2.45, 2.75) is 32.6 Å². The molecule has 2 rings (SSSR count). The monoisotopic (exact) mass is 328 g/mol. The van der Waals surface area contributed by atoms with Gasteiger partial charge in [0.1, 0.15) is 5.75 Å². The first-order chi connectivity index (χ1) is 10.1. The van der Waals surface area contributed by atoms with Gasteiger partial charge in [-0.2, -0.15) is 5.10 Å². The number of nitrogens with zero attached hydrogens (tertiary/aromatic N) is 1. The molecule has 0 spiro atoms. The lowest BCUT2D eigenvalue weighted by Crippen LogP contribution is -2.28. The maximum absolute atomic E-state index is 11.7. The summed E-state index contributed by atoms with van der Waals surface area (Å²) in [7, 11) is 0. The fraction of sp³-hybridized carbons (Fsp3) is 0.467. The first-order valence-corrected chi connectivity index (χ1v) is 7.75. The summed E-state index contributed by atoms with van der Waals surface area (Å²) in [5.41, 5.74) is 3.59. The SMILES string of the molecule is CC1CCCCC1=NNC(=O)COc1ccc(Cl)cc1Cl. The van der Waals surface area contributed by atoms with E-state index in [0.717, 1.165) is 25.0 Å². The van der Waals surface area contributed by atoms with Crippen LogP contribution in [-0.4, -0.2) is 18.2 Å². The van der Waals surface area contributed by atoms with Gasteiger partial charge in [-0.1, -0.05) is 36.5 Å². The zero-order valence-electron chi connectivity index (χ0n) is 11.9. The third-order valence-electron chi connectivity index (χ3n) is 3.47. The smallest absolute Gasteiger partial charge is 0.277 e. The van der Waals surface area contributed by atoms with E-state index in [0.29, 0.717) is 21.7 Å². The number of nitrogens with one attached hydrogen (secondary N) is 1. The van der Waals surface area contributed by atoms with Crippen molar-refractivity contribution in [2.24, 2.45) is 11.0 Å². The highest BCUT2D eigenvalue weighted by atomic mass is 35.5. The Labute approximate surface area is 134 Å². The summed E-state index contributed by atoms with van der Waals surface area (Å²) in [4.78, 5) is 11.7. The van der Waals surface area contributed by atoms with Crippen LogP contribution in [0, 0.1) is 5.92 Å². The number of carbonyl (C=O) groups excluding carboxylic acids is 1. The molecule has 1 aliphatic carbocycles. The van der Waals surface area contributed by atoms with E-state index >= 15 is 0 Å². The second-order valence-electron chi connectivity index (χ2n) is 5.15. The third kappa shape index (κ3) is 4.90. The van der Waals surface area contributed by atoms with Gasteiger partial charge in [0.05, 0.1) is 5.02 Å². The van der Waals surface area contributed by atoms with Crippen molar-refractivity contribution in [3.8, 4) is 5.75 Å². The predicted octanol–water partition coefficient (Wildman–Crippen LogP) is 4.05. The lowest BCUT2D eigenvalue weighted by atomic mass is 9.89. The van der Waals surface area contributed by atoms with Crippen LogP contribution in [0.3, 0.4) is 0 Å². The van der Waals surface area contributed by atoms with Gasteiger partial charge in [-0.25, -0.2) is 5.43 Å². The molecule has 1 aromatic carbocycles. The van der Waals surface area contributed by atoms with Crippen LogP contribution in [0.5, 0.6) is 5.75 Å². The largest absolute Gasteiger partial charge is 0.482 e. The van der Waals surface area contributed by atoms with Gasteiger partial charge < -0.3 is 4.74 Å². The van der Waals surface area contributed by atoms with Crippen LogP contribution in [-0.2, 0) is 4.79 Å². The lowest BCUT2D eigenvalue weighted by Gasteiger charge is -2.19. The van der Waals surface area contributed by atoms with Crippen molar-refractivity contribution in [3.05, 3.63) is 28.2 Å². The fourth-order valence-corrected chi connectivity index (χ4v) is 2.70. The van der Waals surface area contributed by atoms with E-state index in [1.807, 2.05) is 0 Å². The molecule has 114 valence electrons. The van der Waals surface area contributed by atoms with Crippen molar-refractivity contribution >= 4 is 34.8 Å². The summed E-state index contributed by atoms with van der Waals surface area (Å²) in [6.45, 7) is 2.00. The number of hydrazone groups is 1. The van der Waals surface area contributed by atoms with Gasteiger partial charge in [0.25, 0.3) is 5.91 Å². The van der Waals surface area contributed by atoms with Crippen LogP contribution < -0.4 is 10.2 Å². The summed E-state index contributed by atoms with van der Waals surface area (Å²) in [5.74, 6) is 0.562. The average molecular weight is 329 g/mol. The normalized spacial score (nSPS) is 20.3. The van der Waals surface area contributed by atoms with Crippen LogP contribution in [0.15, 0.2) is 23.3 Å². The molecule has 0 saturated heterocycles. The molecule has 1 amide bonds. The molecule has 0 aromatic heterocycles. The highest BCUT2D eigenvalue weighted by molar-refractivity contribution is 6.35. The van der Waals surface area contributed by atoms with Crippen LogP contribution in [0.2, 0.25) is 10.0 Å². The summed E-state index contributed by atoms with van der Waals surface area (Å²) in [6, 6.07) is 4.86. The first kappa shape index (κ1) is 16.1. The van der Waals surface area contributed by atoms with E-state index < -0.39 is 0 Å². The van der Waals surface area contributed by atoms with Crippen molar-refractivity contribution < 1.29 is 9.53 Å². The highest BCUT2D eigenvalue weighted by Crippen LogP contribution is 2.27. The Kier molecular flexibility index (Phi) is 5.88. The maximum atomic E-state index is 11.7. The van der Waals surface area contributed by atoms with Gasteiger partial charge in [-0.05, 0) is 43.4 Å². The fourth-order valence-electron chi connectivity index (χ4n) is 2.24. The molecule has 1 aromatic rings. The van der Waals surface area contributed by atoms with E-state index in [1.165, 1.54) is 6.42 Å². The molecule has 1 N–H and O–H groups in total. The highest BCUT2D eigenvalue weighted by Gasteiger charge is 2.16. The summed E-state index contributed by atoms with van der Waals surface area (Å²) < 4.78 is 5.35. The van der Waals surface area contributed by atoms with Crippen molar-refractivity contribution in [1.29, 1.82) is 0 Å². The Hall–Kier alpha value is -1.26. The van der Waals surface area contributed by atoms with Gasteiger partial charge in [0.15, 0.2) is 6.61 Å². The number of amides is 1. The molecule has 4 nitrogen and oxygen atoms in total. The molecular formula is C15H18Cl2N2O2. The summed E-state index contributed by atoms with van der Waals surface area (Å²) in [5, 5.41) is 5.10. The van der Waals surface area contributed by atoms with E-state index in [2.05, 4.69) is 17.5 Å². The first-order valence-electron chi connectivity index (χ1n) is 6.99. The number of ether oxygens (including phenoxy) is 1. The van der Waals surface area contributed by atoms with Crippen molar-refractivity contribution in [1.82, 2.24) is 5.43 Å². The number of hydrogen-bond donors (Lipinski definition) is 1. The molecule has 0 heterocycles. The van der Waals surface area contributed by atoms with Crippen LogP contribution in [0.25, 0.3) is 0 Å². The Balaban J connectivity index is 1.83. The maximum Gasteiger partial charge on any atom is 0.277 e. The minimum Gasteiger partial charge on any atom is -0.482 e. The Bertz CT molecular complexity index is 546. The molecular weight excluding hydrogens is 311 g/mol. The van der Waals surface area contributed by atoms with Gasteiger partial charge in [-0.15, -0.1) is 0 Å². The number of benzene rings is 1. The van der Waals surface area contributed by atoms with Crippen LogP contribution >= 0.6 is 23.2 Å². The minimum absolute atomic E-state index is 0.132. The molecule has 1 aliphatic rings. The van der Waals surface area contributed by atoms with Crippen LogP contribution in [0.1, 0.15) is 32.6 Å². The number of hydrogen-bond acceptors (Lipinski definition) is 3. The standard InChI is InChI=1S/C15H18Cl2N2O2/c1-10-4-2-3-5-13(10)18-19-15(20)9-21-14-7-6-11(16)8-12(14)17/h6-8,10H,2-5,9H2,1H3,(H,19,20). The molecule has 6 heteroatoms. The Morgan fingerprint density at radius 1 is 1.43 bits per heavy atom. The van der Waals surface area contributed by atoms with E-state index in [9.17, 15) is 4.79 Å². The van der Waals surface area contributed by atoms with Gasteiger partial charge in [0, 0.05) is 10.7 Å². The van der Waals surface area contributed by atoms with Crippen molar-refractivity contribution in [2.75, 3.05) is 6.61 Å².